The first-order valence-corrected chi connectivity index (χ1v) is 3.97. The Labute approximate surface area is 76.4 Å². The molecule has 1 aromatic rings. The van der Waals surface area contributed by atoms with Crippen molar-refractivity contribution in [2.75, 3.05) is 24.7 Å². The molecule has 4 nitrogen and oxygen atoms in total. The van der Waals surface area contributed by atoms with Crippen molar-refractivity contribution in [1.82, 2.24) is 9.97 Å². The molecule has 0 radical (unpaired) electrons. The lowest BCUT2D eigenvalue weighted by atomic mass is 10.4. The Balaban J connectivity index is 3.38. The molecule has 0 fully saturated rings. The van der Waals surface area contributed by atoms with Crippen molar-refractivity contribution in [3.63, 3.8) is 0 Å². The van der Waals surface area contributed by atoms with E-state index < -0.39 is 0 Å². The maximum absolute atomic E-state index is 5.71. The number of nitrogens with zero attached hydrogens (tertiary/aromatic N) is 2. The molecule has 0 bridgehead atoms. The fourth-order valence-corrected chi connectivity index (χ4v) is 1.17. The molecule has 0 amide bonds. The summed E-state index contributed by atoms with van der Waals surface area (Å²) in [6.07, 6.45) is 0. The van der Waals surface area contributed by atoms with Gasteiger partial charge < -0.3 is 15.6 Å². The van der Waals surface area contributed by atoms with E-state index in [0.29, 0.717) is 10.3 Å². The Morgan fingerprint density at radius 1 is 1.50 bits per heavy atom. The summed E-state index contributed by atoms with van der Waals surface area (Å²) >= 11 is 4.96. The summed E-state index contributed by atoms with van der Waals surface area (Å²) in [4.78, 5) is 8.94. The van der Waals surface area contributed by atoms with Crippen molar-refractivity contribution in [2.45, 2.75) is 6.92 Å². The number of aromatic nitrogens is 2. The number of hydrogen-bond acceptors (Lipinski definition) is 4. The molecule has 0 aliphatic rings. The van der Waals surface area contributed by atoms with Crippen molar-refractivity contribution in [2.24, 2.45) is 0 Å². The molecule has 12 heavy (non-hydrogen) atoms. The van der Waals surface area contributed by atoms with Crippen molar-refractivity contribution < 1.29 is 0 Å². The largest absolute Gasteiger partial charge is 0.393 e. The van der Waals surface area contributed by atoms with Gasteiger partial charge in [-0.05, 0) is 6.92 Å². The molecule has 1 rings (SSSR count). The van der Waals surface area contributed by atoms with Crippen LogP contribution in [0, 0.1) is 11.6 Å². The van der Waals surface area contributed by atoms with Gasteiger partial charge in [0, 0.05) is 14.1 Å². The molecule has 0 unspecified atom stereocenters. The number of hydrogen-bond donors (Lipinski definition) is 2. The van der Waals surface area contributed by atoms with Crippen LogP contribution in [-0.4, -0.2) is 24.1 Å². The van der Waals surface area contributed by atoms with Crippen molar-refractivity contribution >= 4 is 23.7 Å². The van der Waals surface area contributed by atoms with Crippen LogP contribution < -0.4 is 10.6 Å². The predicted molar refractivity (Wildman–Crippen MR) is 52.9 cm³/mol. The zero-order chi connectivity index (χ0) is 9.30. The van der Waals surface area contributed by atoms with Crippen LogP contribution in [0.25, 0.3) is 0 Å². The third-order valence-electron chi connectivity index (χ3n) is 1.50. The van der Waals surface area contributed by atoms with Crippen molar-refractivity contribution in [3.05, 3.63) is 10.5 Å². The van der Waals surface area contributed by atoms with Gasteiger partial charge >= 0.3 is 0 Å². The van der Waals surface area contributed by atoms with E-state index in [4.69, 9.17) is 18.0 Å². The highest BCUT2D eigenvalue weighted by atomic mass is 32.1. The Morgan fingerprint density at radius 2 is 2.08 bits per heavy atom. The summed E-state index contributed by atoms with van der Waals surface area (Å²) in [5.74, 6) is 1.59. The molecule has 5 heteroatoms. The molecular weight excluding hydrogens is 172 g/mol. The van der Waals surface area contributed by atoms with Gasteiger partial charge in [0.15, 0.2) is 4.64 Å². The van der Waals surface area contributed by atoms with E-state index in [2.05, 4.69) is 9.97 Å². The molecule has 0 aliphatic carbocycles. The van der Waals surface area contributed by atoms with Crippen LogP contribution in [0.15, 0.2) is 0 Å². The molecule has 0 aliphatic heterocycles. The number of nitrogen functional groups attached to an aromatic ring is 1. The Hall–Kier alpha value is -1.10. The molecule has 66 valence electrons. The van der Waals surface area contributed by atoms with Gasteiger partial charge in [-0.15, -0.1) is 0 Å². The topological polar surface area (TPSA) is 57.9 Å². The third-order valence-corrected chi connectivity index (χ3v) is 1.81. The van der Waals surface area contributed by atoms with Gasteiger partial charge in [-0.2, -0.15) is 0 Å². The monoisotopic (exact) mass is 184 g/mol. The zero-order valence-electron chi connectivity index (χ0n) is 7.38. The first kappa shape index (κ1) is 8.99. The van der Waals surface area contributed by atoms with Gasteiger partial charge in [-0.1, -0.05) is 12.2 Å². The van der Waals surface area contributed by atoms with Crippen LogP contribution in [0.1, 0.15) is 5.82 Å². The van der Waals surface area contributed by atoms with E-state index in [-0.39, 0.29) is 0 Å². The van der Waals surface area contributed by atoms with Crippen LogP contribution >= 0.6 is 12.2 Å². The Morgan fingerprint density at radius 3 is 2.58 bits per heavy atom. The standard InChI is InChI=1S/C7H12N4S/c1-4-9-6(11(2)3)5(8)7(12)10-4/h8H2,1-3H3,(H,9,10,12). The third kappa shape index (κ3) is 1.55. The molecule has 3 N–H and O–H groups in total. The van der Waals surface area contributed by atoms with Gasteiger partial charge in [0.25, 0.3) is 0 Å². The summed E-state index contributed by atoms with van der Waals surface area (Å²) < 4.78 is 0.454. The van der Waals surface area contributed by atoms with Gasteiger partial charge in [-0.3, -0.25) is 0 Å². The average Bonchev–Trinajstić information content (AvgIpc) is 1.96. The van der Waals surface area contributed by atoms with Crippen LogP contribution in [0.2, 0.25) is 0 Å². The molecule has 0 spiro atoms. The molecule has 0 atom stereocenters. The first-order valence-electron chi connectivity index (χ1n) is 3.56. The molecule has 0 saturated carbocycles. The summed E-state index contributed by atoms with van der Waals surface area (Å²) in [7, 11) is 3.80. The number of anilines is 2. The number of H-pyrrole nitrogens is 1. The average molecular weight is 184 g/mol. The second kappa shape index (κ2) is 3.10. The van der Waals surface area contributed by atoms with Gasteiger partial charge in [0.05, 0.1) is 0 Å². The summed E-state index contributed by atoms with van der Waals surface area (Å²) in [5.41, 5.74) is 6.24. The number of rotatable bonds is 1. The van der Waals surface area contributed by atoms with Crippen LogP contribution in [0.4, 0.5) is 11.5 Å². The number of aromatic amines is 1. The number of nitrogens with two attached hydrogens (primary N) is 1. The smallest absolute Gasteiger partial charge is 0.154 e. The Kier molecular flexibility index (Phi) is 2.32. The van der Waals surface area contributed by atoms with E-state index in [1.165, 1.54) is 0 Å². The maximum Gasteiger partial charge on any atom is 0.154 e. The summed E-state index contributed by atoms with van der Waals surface area (Å²) in [5, 5.41) is 0. The van der Waals surface area contributed by atoms with Crippen molar-refractivity contribution in [3.8, 4) is 0 Å². The van der Waals surface area contributed by atoms with E-state index in [0.717, 1.165) is 11.6 Å². The highest BCUT2D eigenvalue weighted by Crippen LogP contribution is 2.17. The van der Waals surface area contributed by atoms with Crippen LogP contribution in [0.3, 0.4) is 0 Å². The molecule has 1 aromatic heterocycles. The predicted octanol–water partition coefficient (Wildman–Crippen LogP) is 1.10. The summed E-state index contributed by atoms with van der Waals surface area (Å²) in [6.45, 7) is 1.85. The summed E-state index contributed by atoms with van der Waals surface area (Å²) in [6, 6.07) is 0. The molecule has 1 heterocycles. The molecular formula is C7H12N4S. The minimum atomic E-state index is 0.454. The highest BCUT2D eigenvalue weighted by molar-refractivity contribution is 7.71. The molecule has 0 saturated heterocycles. The maximum atomic E-state index is 5.71. The van der Waals surface area contributed by atoms with E-state index in [9.17, 15) is 0 Å². The van der Waals surface area contributed by atoms with Crippen LogP contribution in [0.5, 0.6) is 0 Å². The SMILES string of the molecule is Cc1nc(=S)c(N)c(N(C)C)[nH]1. The Bertz CT molecular complexity index is 342. The van der Waals surface area contributed by atoms with E-state index in [1.54, 1.807) is 0 Å². The minimum absolute atomic E-state index is 0.454. The second-order valence-electron chi connectivity index (χ2n) is 2.78. The quantitative estimate of drug-likeness (QED) is 0.642. The van der Waals surface area contributed by atoms with E-state index >= 15 is 0 Å². The number of nitrogens with one attached hydrogen (secondary N) is 1. The highest BCUT2D eigenvalue weighted by Gasteiger charge is 2.04. The molecule has 0 aromatic carbocycles. The van der Waals surface area contributed by atoms with Gasteiger partial charge in [0.2, 0.25) is 0 Å². The van der Waals surface area contributed by atoms with Gasteiger partial charge in [-0.25, -0.2) is 4.98 Å². The fourth-order valence-electron chi connectivity index (χ4n) is 0.933. The lowest BCUT2D eigenvalue weighted by molar-refractivity contribution is 0.986. The minimum Gasteiger partial charge on any atom is -0.393 e. The fraction of sp³-hybridized carbons (Fsp3) is 0.429. The van der Waals surface area contributed by atoms with Crippen molar-refractivity contribution in [1.29, 1.82) is 0 Å². The lowest BCUT2D eigenvalue weighted by Crippen LogP contribution is -2.14. The zero-order valence-corrected chi connectivity index (χ0v) is 8.20. The van der Waals surface area contributed by atoms with Gasteiger partial charge in [0.1, 0.15) is 17.3 Å². The first-order chi connectivity index (χ1) is 5.52. The lowest BCUT2D eigenvalue weighted by Gasteiger charge is -2.14. The normalized spacial score (nSPS) is 9.92. The van der Waals surface area contributed by atoms with E-state index in [1.807, 2.05) is 25.9 Å². The number of aryl methyl sites for hydroxylation is 1. The van der Waals surface area contributed by atoms with Crippen LogP contribution in [-0.2, 0) is 0 Å². The second-order valence-corrected chi connectivity index (χ2v) is 3.17.